The van der Waals surface area contributed by atoms with Gasteiger partial charge in [0.15, 0.2) is 0 Å². The molecule has 0 unspecified atom stereocenters. The monoisotopic (exact) mass is 378 g/mol. The van der Waals surface area contributed by atoms with Crippen molar-refractivity contribution in [2.75, 3.05) is 0 Å². The first kappa shape index (κ1) is 16.4. The number of hydrogen-bond donors (Lipinski definition) is 0. The van der Waals surface area contributed by atoms with E-state index in [0.717, 1.165) is 10.6 Å². The molecule has 1 aliphatic heterocycles. The average molecular weight is 378 g/mol. The zero-order valence-electron chi connectivity index (χ0n) is 15.6. The summed E-state index contributed by atoms with van der Waals surface area (Å²) in [4.78, 5) is 26.7. The Labute approximate surface area is 168 Å². The molecule has 4 heteroatoms. The number of benzene rings is 3. The summed E-state index contributed by atoms with van der Waals surface area (Å²) < 4.78 is 0. The molecule has 4 nitrogen and oxygen atoms in total. The summed E-state index contributed by atoms with van der Waals surface area (Å²) in [5.74, 6) is -1.33. The van der Waals surface area contributed by atoms with Crippen LogP contribution in [0.15, 0.2) is 84.0 Å². The molecule has 0 N–H and O–H groups in total. The normalized spacial score (nSPS) is 26.6. The van der Waals surface area contributed by atoms with Crippen molar-refractivity contribution in [1.29, 1.82) is 0 Å². The number of carbonyl (C=O) groups is 2. The summed E-state index contributed by atoms with van der Waals surface area (Å²) in [6, 6.07) is 26.0. The molecule has 3 aromatic rings. The maximum absolute atomic E-state index is 13.4. The van der Waals surface area contributed by atoms with Gasteiger partial charge < -0.3 is 0 Å². The lowest BCUT2D eigenvalue weighted by Gasteiger charge is -2.45. The van der Waals surface area contributed by atoms with Crippen LogP contribution >= 0.6 is 0 Å². The summed E-state index contributed by atoms with van der Waals surface area (Å²) in [6.45, 7) is 0. The number of hydrogen-bond acceptors (Lipinski definition) is 3. The van der Waals surface area contributed by atoms with Gasteiger partial charge in [-0.15, -0.1) is 0 Å². The Morgan fingerprint density at radius 2 is 1.03 bits per heavy atom. The van der Waals surface area contributed by atoms with Gasteiger partial charge in [0.05, 0.1) is 18.1 Å². The Bertz CT molecular complexity index is 1070. The summed E-state index contributed by atoms with van der Waals surface area (Å²) in [5, 5.41) is 5.42. The third-order valence-corrected chi connectivity index (χ3v) is 6.55. The molecule has 3 aliphatic carbocycles. The molecule has 2 bridgehead atoms. The van der Waals surface area contributed by atoms with E-state index in [1.54, 1.807) is 6.21 Å². The lowest BCUT2D eigenvalue weighted by atomic mass is 9.55. The molecule has 0 spiro atoms. The van der Waals surface area contributed by atoms with Crippen molar-refractivity contribution in [3.63, 3.8) is 0 Å². The van der Waals surface area contributed by atoms with E-state index in [-0.39, 0.29) is 35.5 Å². The van der Waals surface area contributed by atoms with Gasteiger partial charge in [0, 0.05) is 11.8 Å². The zero-order chi connectivity index (χ0) is 19.5. The Balaban J connectivity index is 1.48. The van der Waals surface area contributed by atoms with E-state index in [1.807, 2.05) is 54.6 Å². The third-order valence-electron chi connectivity index (χ3n) is 6.55. The summed E-state index contributed by atoms with van der Waals surface area (Å²) >= 11 is 0. The SMILES string of the molecule is O=C1[C@@H]2C3c4ccccc4C(c4ccccc43)[C@H]2C(=O)N1/N=C\c1ccccc1. The van der Waals surface area contributed by atoms with Crippen LogP contribution < -0.4 is 0 Å². The first-order valence-electron chi connectivity index (χ1n) is 9.90. The van der Waals surface area contributed by atoms with Crippen molar-refractivity contribution in [1.82, 2.24) is 5.01 Å². The van der Waals surface area contributed by atoms with Gasteiger partial charge in [-0.1, -0.05) is 78.9 Å². The lowest BCUT2D eigenvalue weighted by Crippen LogP contribution is -2.41. The molecule has 0 saturated carbocycles. The Morgan fingerprint density at radius 3 is 1.48 bits per heavy atom. The molecule has 0 aromatic heterocycles. The number of carbonyl (C=O) groups excluding carboxylic acids is 2. The second-order valence-corrected chi connectivity index (χ2v) is 7.91. The van der Waals surface area contributed by atoms with E-state index in [9.17, 15) is 9.59 Å². The average Bonchev–Trinajstić information content (AvgIpc) is 3.03. The van der Waals surface area contributed by atoms with Gasteiger partial charge in [0.1, 0.15) is 0 Å². The minimum Gasteiger partial charge on any atom is -0.272 e. The van der Waals surface area contributed by atoms with E-state index in [0.29, 0.717) is 0 Å². The van der Waals surface area contributed by atoms with Crippen LogP contribution in [0.1, 0.15) is 39.7 Å². The predicted octanol–water partition coefficient (Wildman–Crippen LogP) is 3.91. The Kier molecular flexibility index (Phi) is 3.39. The van der Waals surface area contributed by atoms with Crippen molar-refractivity contribution in [3.05, 3.63) is 107 Å². The standard InChI is InChI=1S/C25H18N2O2/c28-24-22-20-16-10-4-5-11-17(16)21(19-13-7-6-12-18(19)20)23(22)25(29)27(24)26-14-15-8-2-1-3-9-15/h1-14,20-23H/b26-14-/t20?,21?,22-,23-/m1/s1. The minimum atomic E-state index is -0.384. The molecule has 7 rings (SSSR count). The maximum Gasteiger partial charge on any atom is 0.254 e. The van der Waals surface area contributed by atoms with Crippen LogP contribution in [-0.2, 0) is 9.59 Å². The van der Waals surface area contributed by atoms with Crippen LogP contribution in [0.4, 0.5) is 0 Å². The highest BCUT2D eigenvalue weighted by Crippen LogP contribution is 2.60. The summed E-state index contributed by atoms with van der Waals surface area (Å²) in [5.41, 5.74) is 5.55. The van der Waals surface area contributed by atoms with Crippen LogP contribution in [0.2, 0.25) is 0 Å². The quantitative estimate of drug-likeness (QED) is 0.501. The number of rotatable bonds is 2. The molecular weight excluding hydrogens is 360 g/mol. The Hall–Kier alpha value is -3.53. The number of hydrazone groups is 1. The maximum atomic E-state index is 13.4. The molecule has 140 valence electrons. The zero-order valence-corrected chi connectivity index (χ0v) is 15.6. The van der Waals surface area contributed by atoms with Crippen molar-refractivity contribution >= 4 is 18.0 Å². The lowest BCUT2D eigenvalue weighted by molar-refractivity contribution is -0.139. The molecule has 0 radical (unpaired) electrons. The van der Waals surface area contributed by atoms with Crippen LogP contribution in [-0.4, -0.2) is 23.0 Å². The highest BCUT2D eigenvalue weighted by molar-refractivity contribution is 6.08. The molecule has 3 aromatic carbocycles. The Morgan fingerprint density at radius 1 is 0.621 bits per heavy atom. The van der Waals surface area contributed by atoms with Crippen molar-refractivity contribution in [3.8, 4) is 0 Å². The van der Waals surface area contributed by atoms with Crippen LogP contribution in [0.5, 0.6) is 0 Å². The van der Waals surface area contributed by atoms with E-state index in [1.165, 1.54) is 22.3 Å². The van der Waals surface area contributed by atoms with Crippen LogP contribution in [0, 0.1) is 11.8 Å². The van der Waals surface area contributed by atoms with E-state index in [2.05, 4.69) is 29.4 Å². The van der Waals surface area contributed by atoms with Gasteiger partial charge in [0.2, 0.25) is 0 Å². The smallest absolute Gasteiger partial charge is 0.254 e. The number of imide groups is 1. The third kappa shape index (κ3) is 2.17. The topological polar surface area (TPSA) is 49.7 Å². The van der Waals surface area contributed by atoms with Gasteiger partial charge in [0.25, 0.3) is 11.8 Å². The molecule has 1 heterocycles. The van der Waals surface area contributed by atoms with Crippen LogP contribution in [0.3, 0.4) is 0 Å². The molecule has 2 amide bonds. The molecule has 29 heavy (non-hydrogen) atoms. The second kappa shape index (κ2) is 5.98. The molecule has 2 atom stereocenters. The minimum absolute atomic E-state index is 0.0919. The number of nitrogens with zero attached hydrogens (tertiary/aromatic N) is 2. The van der Waals surface area contributed by atoms with Crippen LogP contribution in [0.25, 0.3) is 0 Å². The van der Waals surface area contributed by atoms with Crippen molar-refractivity contribution in [2.45, 2.75) is 11.8 Å². The van der Waals surface area contributed by atoms with Crippen molar-refractivity contribution in [2.24, 2.45) is 16.9 Å². The van der Waals surface area contributed by atoms with Gasteiger partial charge in [-0.25, -0.2) is 0 Å². The molecule has 1 fully saturated rings. The van der Waals surface area contributed by atoms with Crippen molar-refractivity contribution < 1.29 is 9.59 Å². The molecule has 4 aliphatic rings. The highest BCUT2D eigenvalue weighted by atomic mass is 16.2. The fraction of sp³-hybridized carbons (Fsp3) is 0.160. The van der Waals surface area contributed by atoms with E-state index in [4.69, 9.17) is 0 Å². The first-order valence-corrected chi connectivity index (χ1v) is 9.90. The fourth-order valence-corrected chi connectivity index (χ4v) is 5.44. The van der Waals surface area contributed by atoms with Gasteiger partial charge in [-0.05, 0) is 27.8 Å². The van der Waals surface area contributed by atoms with E-state index < -0.39 is 0 Å². The first-order chi connectivity index (χ1) is 14.3. The summed E-state index contributed by atoms with van der Waals surface area (Å²) in [6.07, 6.45) is 1.59. The predicted molar refractivity (Wildman–Crippen MR) is 109 cm³/mol. The highest BCUT2D eigenvalue weighted by Gasteiger charge is 2.61. The molecular formula is C25H18N2O2. The molecule has 1 saturated heterocycles. The van der Waals surface area contributed by atoms with Gasteiger partial charge in [-0.2, -0.15) is 10.1 Å². The fourth-order valence-electron chi connectivity index (χ4n) is 5.44. The summed E-state index contributed by atoms with van der Waals surface area (Å²) in [7, 11) is 0. The second-order valence-electron chi connectivity index (χ2n) is 7.91. The number of amides is 2. The van der Waals surface area contributed by atoms with Gasteiger partial charge >= 0.3 is 0 Å². The van der Waals surface area contributed by atoms with Gasteiger partial charge in [-0.3, -0.25) is 9.59 Å². The largest absolute Gasteiger partial charge is 0.272 e. The van der Waals surface area contributed by atoms with E-state index >= 15 is 0 Å².